The number of carboxylic acid groups (broad SMARTS) is 1. The van der Waals surface area contributed by atoms with Crippen LogP contribution >= 0.6 is 0 Å². The second kappa shape index (κ2) is 9.04. The van der Waals surface area contributed by atoms with Gasteiger partial charge in [0.15, 0.2) is 0 Å². The molecule has 144 valence electrons. The van der Waals surface area contributed by atoms with Gasteiger partial charge in [-0.25, -0.2) is 18.0 Å². The number of aliphatic carboxylic acids is 1. The highest BCUT2D eigenvalue weighted by Gasteiger charge is 2.21. The smallest absolute Gasteiger partial charge is 0.408 e. The maximum Gasteiger partial charge on any atom is 0.408 e. The predicted molar refractivity (Wildman–Crippen MR) is 99.8 cm³/mol. The lowest BCUT2D eigenvalue weighted by atomic mass is 10.1. The summed E-state index contributed by atoms with van der Waals surface area (Å²) in [6.45, 7) is 0.0326. The third kappa shape index (κ3) is 7.37. The molecule has 2 aromatic carbocycles. The van der Waals surface area contributed by atoms with E-state index in [0.29, 0.717) is 11.3 Å². The SMILES string of the molecule is CS(=O)(=O)Nc1ccc(C[C@H](NC(=O)OCc2ccccc2)C(=O)O)cc1. The van der Waals surface area contributed by atoms with Crippen LogP contribution in [-0.4, -0.2) is 37.9 Å². The first-order chi connectivity index (χ1) is 12.7. The maximum absolute atomic E-state index is 11.9. The number of alkyl carbamates (subject to hydrolysis) is 1. The summed E-state index contributed by atoms with van der Waals surface area (Å²) in [5.41, 5.74) is 1.77. The Labute approximate surface area is 157 Å². The van der Waals surface area contributed by atoms with E-state index in [4.69, 9.17) is 4.74 Å². The lowest BCUT2D eigenvalue weighted by Crippen LogP contribution is -2.42. The molecule has 1 atom stereocenters. The van der Waals surface area contributed by atoms with E-state index in [2.05, 4.69) is 10.0 Å². The number of benzene rings is 2. The van der Waals surface area contributed by atoms with Gasteiger partial charge in [-0.2, -0.15) is 0 Å². The van der Waals surface area contributed by atoms with Gasteiger partial charge in [-0.1, -0.05) is 42.5 Å². The first-order valence-corrected chi connectivity index (χ1v) is 9.89. The molecule has 2 aromatic rings. The molecule has 0 saturated heterocycles. The van der Waals surface area contributed by atoms with Crippen molar-refractivity contribution in [2.75, 3.05) is 11.0 Å². The fourth-order valence-corrected chi connectivity index (χ4v) is 2.83. The van der Waals surface area contributed by atoms with Crippen molar-refractivity contribution in [1.82, 2.24) is 5.32 Å². The zero-order valence-corrected chi connectivity index (χ0v) is 15.4. The number of amides is 1. The van der Waals surface area contributed by atoms with E-state index >= 15 is 0 Å². The van der Waals surface area contributed by atoms with Gasteiger partial charge in [-0.15, -0.1) is 0 Å². The molecule has 8 nitrogen and oxygen atoms in total. The number of sulfonamides is 1. The van der Waals surface area contributed by atoms with Gasteiger partial charge in [0.1, 0.15) is 12.6 Å². The summed E-state index contributed by atoms with van der Waals surface area (Å²) in [7, 11) is -3.39. The van der Waals surface area contributed by atoms with Crippen molar-refractivity contribution < 1.29 is 27.9 Å². The van der Waals surface area contributed by atoms with E-state index in [1.54, 1.807) is 36.4 Å². The van der Waals surface area contributed by atoms with Crippen LogP contribution in [0.3, 0.4) is 0 Å². The summed E-state index contributed by atoms with van der Waals surface area (Å²) in [6.07, 6.45) is 0.225. The number of ether oxygens (including phenoxy) is 1. The predicted octanol–water partition coefficient (Wildman–Crippen LogP) is 1.98. The second-order valence-electron chi connectivity index (χ2n) is 5.87. The topological polar surface area (TPSA) is 122 Å². The maximum atomic E-state index is 11.9. The molecule has 1 amide bonds. The number of anilines is 1. The van der Waals surface area contributed by atoms with Crippen LogP contribution in [0.1, 0.15) is 11.1 Å². The molecule has 27 heavy (non-hydrogen) atoms. The number of rotatable bonds is 8. The van der Waals surface area contributed by atoms with Crippen molar-refractivity contribution in [3.8, 4) is 0 Å². The Hall–Kier alpha value is -3.07. The molecule has 0 fully saturated rings. The van der Waals surface area contributed by atoms with Gasteiger partial charge in [0.05, 0.1) is 6.26 Å². The molecular weight excluding hydrogens is 372 g/mol. The highest BCUT2D eigenvalue weighted by molar-refractivity contribution is 7.92. The molecule has 0 aromatic heterocycles. The Morgan fingerprint density at radius 2 is 1.67 bits per heavy atom. The number of carbonyl (C=O) groups is 2. The summed E-state index contributed by atoms with van der Waals surface area (Å²) in [4.78, 5) is 23.3. The van der Waals surface area contributed by atoms with Crippen molar-refractivity contribution in [2.45, 2.75) is 19.1 Å². The third-order valence-electron chi connectivity index (χ3n) is 3.50. The second-order valence-corrected chi connectivity index (χ2v) is 7.62. The summed E-state index contributed by atoms with van der Waals surface area (Å²) < 4.78 is 29.7. The van der Waals surface area contributed by atoms with E-state index in [1.165, 1.54) is 12.1 Å². The zero-order chi connectivity index (χ0) is 19.9. The quantitative estimate of drug-likeness (QED) is 0.631. The van der Waals surface area contributed by atoms with Gasteiger partial charge in [-0.3, -0.25) is 4.72 Å². The number of hydrogen-bond acceptors (Lipinski definition) is 5. The molecule has 0 saturated carbocycles. The highest BCUT2D eigenvalue weighted by atomic mass is 32.2. The van der Waals surface area contributed by atoms with E-state index in [1.807, 2.05) is 6.07 Å². The van der Waals surface area contributed by atoms with Crippen LogP contribution in [0.5, 0.6) is 0 Å². The Morgan fingerprint density at radius 1 is 1.04 bits per heavy atom. The highest BCUT2D eigenvalue weighted by Crippen LogP contribution is 2.12. The minimum Gasteiger partial charge on any atom is -0.480 e. The number of nitrogens with one attached hydrogen (secondary N) is 2. The van der Waals surface area contributed by atoms with Crippen LogP contribution in [0, 0.1) is 0 Å². The summed E-state index contributed by atoms with van der Waals surface area (Å²) in [5, 5.41) is 11.6. The fraction of sp³-hybridized carbons (Fsp3) is 0.222. The van der Waals surface area contributed by atoms with Gasteiger partial charge < -0.3 is 15.2 Å². The van der Waals surface area contributed by atoms with Gasteiger partial charge >= 0.3 is 12.1 Å². The molecule has 2 rings (SSSR count). The Bertz CT molecular complexity index is 882. The lowest BCUT2D eigenvalue weighted by molar-refractivity contribution is -0.139. The molecule has 0 aliphatic rings. The lowest BCUT2D eigenvalue weighted by Gasteiger charge is -2.15. The molecule has 3 N–H and O–H groups in total. The van der Waals surface area contributed by atoms with Crippen molar-refractivity contribution in [3.63, 3.8) is 0 Å². The van der Waals surface area contributed by atoms with E-state index in [0.717, 1.165) is 11.8 Å². The molecular formula is C18H20N2O6S. The first kappa shape index (κ1) is 20.2. The fourth-order valence-electron chi connectivity index (χ4n) is 2.27. The summed E-state index contributed by atoms with van der Waals surface area (Å²) in [6, 6.07) is 14.0. The van der Waals surface area contributed by atoms with Gasteiger partial charge in [0.25, 0.3) is 0 Å². The minimum atomic E-state index is -3.39. The average Bonchev–Trinajstić information content (AvgIpc) is 2.60. The van der Waals surface area contributed by atoms with Crippen molar-refractivity contribution in [3.05, 3.63) is 65.7 Å². The Kier molecular flexibility index (Phi) is 6.78. The largest absolute Gasteiger partial charge is 0.480 e. The van der Waals surface area contributed by atoms with Gasteiger partial charge in [0.2, 0.25) is 10.0 Å². The summed E-state index contributed by atoms with van der Waals surface area (Å²) in [5.74, 6) is -1.20. The summed E-state index contributed by atoms with van der Waals surface area (Å²) >= 11 is 0. The van der Waals surface area contributed by atoms with Gasteiger partial charge in [-0.05, 0) is 23.3 Å². The zero-order valence-electron chi connectivity index (χ0n) is 14.6. The molecule has 0 unspecified atom stereocenters. The first-order valence-electron chi connectivity index (χ1n) is 8.00. The van der Waals surface area contributed by atoms with Crippen LogP contribution < -0.4 is 10.0 Å². The molecule has 9 heteroatoms. The number of carbonyl (C=O) groups excluding carboxylic acids is 1. The van der Waals surface area contributed by atoms with Crippen LogP contribution in [0.15, 0.2) is 54.6 Å². The molecule has 0 aliphatic heterocycles. The van der Waals surface area contributed by atoms with Crippen molar-refractivity contribution >= 4 is 27.8 Å². The van der Waals surface area contributed by atoms with Crippen molar-refractivity contribution in [2.24, 2.45) is 0 Å². The van der Waals surface area contributed by atoms with Crippen LogP contribution in [-0.2, 0) is 32.6 Å². The van der Waals surface area contributed by atoms with E-state index < -0.39 is 28.1 Å². The standard InChI is InChI=1S/C18H20N2O6S/c1-27(24,25)20-15-9-7-13(8-10-15)11-16(17(21)22)19-18(23)26-12-14-5-3-2-4-6-14/h2-10,16,20H,11-12H2,1H3,(H,19,23)(H,21,22)/t16-/m0/s1. The molecule has 0 spiro atoms. The Balaban J connectivity index is 1.92. The van der Waals surface area contributed by atoms with Crippen LogP contribution in [0.2, 0.25) is 0 Å². The molecule has 0 heterocycles. The monoisotopic (exact) mass is 392 g/mol. The Morgan fingerprint density at radius 3 is 2.22 bits per heavy atom. The van der Waals surface area contributed by atoms with Gasteiger partial charge in [0, 0.05) is 12.1 Å². The molecule has 0 bridgehead atoms. The molecule has 0 aliphatic carbocycles. The molecule has 0 radical (unpaired) electrons. The third-order valence-corrected chi connectivity index (χ3v) is 4.11. The number of hydrogen-bond donors (Lipinski definition) is 3. The minimum absolute atomic E-state index is 0.0227. The average molecular weight is 392 g/mol. The van der Waals surface area contributed by atoms with Crippen LogP contribution in [0.4, 0.5) is 10.5 Å². The van der Waals surface area contributed by atoms with E-state index in [9.17, 15) is 23.1 Å². The van der Waals surface area contributed by atoms with Crippen molar-refractivity contribution in [1.29, 1.82) is 0 Å². The van der Waals surface area contributed by atoms with E-state index in [-0.39, 0.29) is 13.0 Å². The van der Waals surface area contributed by atoms with Crippen LogP contribution in [0.25, 0.3) is 0 Å². The number of carboxylic acids is 1. The normalized spacial score (nSPS) is 12.0.